The lowest BCUT2D eigenvalue weighted by atomic mass is 10.0. The third-order valence-electron chi connectivity index (χ3n) is 3.73. The lowest BCUT2D eigenvalue weighted by molar-refractivity contribution is -0.141. The van der Waals surface area contributed by atoms with E-state index >= 15 is 0 Å². The van der Waals surface area contributed by atoms with Crippen LogP contribution < -0.4 is 5.32 Å². The number of hydrogen-bond acceptors (Lipinski definition) is 2. The fourth-order valence-electron chi connectivity index (χ4n) is 2.29. The summed E-state index contributed by atoms with van der Waals surface area (Å²) in [5, 5.41) is 3.36. The van der Waals surface area contributed by atoms with Crippen molar-refractivity contribution in [3.8, 4) is 0 Å². The summed E-state index contributed by atoms with van der Waals surface area (Å²) in [7, 11) is 0. The van der Waals surface area contributed by atoms with Gasteiger partial charge >= 0.3 is 0 Å². The summed E-state index contributed by atoms with van der Waals surface area (Å²) >= 11 is 5.89. The Morgan fingerprint density at radius 2 is 1.95 bits per heavy atom. The minimum atomic E-state index is -0.867. The first-order valence-corrected chi connectivity index (χ1v) is 7.27. The highest BCUT2D eigenvalue weighted by Gasteiger charge is 2.57. The maximum Gasteiger partial charge on any atom is 0.240 e. The van der Waals surface area contributed by atoms with E-state index in [-0.39, 0.29) is 11.8 Å². The van der Waals surface area contributed by atoms with E-state index in [0.29, 0.717) is 36.6 Å². The molecule has 2 amide bonds. The summed E-state index contributed by atoms with van der Waals surface area (Å²) in [4.78, 5) is 26.5. The zero-order valence-electron chi connectivity index (χ0n) is 11.8. The molecule has 2 rings (SSSR count). The van der Waals surface area contributed by atoms with Crippen molar-refractivity contribution < 1.29 is 9.59 Å². The Hall–Kier alpha value is -1.55. The molecule has 1 fully saturated rings. The van der Waals surface area contributed by atoms with Crippen LogP contribution in [0.2, 0.25) is 5.02 Å². The van der Waals surface area contributed by atoms with Gasteiger partial charge in [-0.2, -0.15) is 0 Å². The van der Waals surface area contributed by atoms with Gasteiger partial charge in [-0.3, -0.25) is 9.59 Å². The van der Waals surface area contributed by atoms with Gasteiger partial charge in [0.2, 0.25) is 11.8 Å². The van der Waals surface area contributed by atoms with E-state index in [1.54, 1.807) is 29.2 Å². The second kappa shape index (κ2) is 5.83. The van der Waals surface area contributed by atoms with Crippen LogP contribution in [0.1, 0.15) is 26.7 Å². The largest absolute Gasteiger partial charge is 0.342 e. The number of halogens is 1. The Labute approximate surface area is 124 Å². The first-order valence-electron chi connectivity index (χ1n) is 6.90. The lowest BCUT2D eigenvalue weighted by Crippen LogP contribution is -2.42. The topological polar surface area (TPSA) is 49.4 Å². The van der Waals surface area contributed by atoms with Gasteiger partial charge in [-0.1, -0.05) is 17.7 Å². The minimum Gasteiger partial charge on any atom is -0.342 e. The second-order valence-corrected chi connectivity index (χ2v) is 5.46. The van der Waals surface area contributed by atoms with Crippen molar-refractivity contribution in [3.63, 3.8) is 0 Å². The number of nitrogens with zero attached hydrogens (tertiary/aromatic N) is 1. The van der Waals surface area contributed by atoms with Crippen molar-refractivity contribution in [2.24, 2.45) is 5.41 Å². The van der Waals surface area contributed by atoms with Crippen molar-refractivity contribution in [2.45, 2.75) is 26.7 Å². The first-order chi connectivity index (χ1) is 9.53. The van der Waals surface area contributed by atoms with Crippen molar-refractivity contribution in [2.75, 3.05) is 18.4 Å². The second-order valence-electron chi connectivity index (χ2n) is 5.02. The number of carbonyl (C=O) groups excluding carboxylic acids is 2. The van der Waals surface area contributed by atoms with Crippen LogP contribution in [-0.2, 0) is 9.59 Å². The molecule has 5 heteroatoms. The number of anilines is 1. The molecule has 0 unspecified atom stereocenters. The molecule has 1 aliphatic rings. The zero-order chi connectivity index (χ0) is 14.8. The third-order valence-corrected chi connectivity index (χ3v) is 3.96. The molecule has 1 N–H and O–H groups in total. The van der Waals surface area contributed by atoms with Crippen LogP contribution in [-0.4, -0.2) is 29.8 Å². The van der Waals surface area contributed by atoms with Gasteiger partial charge in [0.15, 0.2) is 0 Å². The molecule has 20 heavy (non-hydrogen) atoms. The highest BCUT2D eigenvalue weighted by molar-refractivity contribution is 6.31. The average Bonchev–Trinajstić information content (AvgIpc) is 3.21. The third kappa shape index (κ3) is 2.80. The molecule has 0 heterocycles. The summed E-state index contributed by atoms with van der Waals surface area (Å²) in [6.45, 7) is 5.10. The van der Waals surface area contributed by atoms with Crippen molar-refractivity contribution >= 4 is 29.1 Å². The molecular formula is C15H19ClN2O2. The number of amides is 2. The normalized spacial score (nSPS) is 15.6. The highest BCUT2D eigenvalue weighted by Crippen LogP contribution is 2.48. The molecule has 1 aliphatic carbocycles. The maximum atomic E-state index is 12.4. The van der Waals surface area contributed by atoms with E-state index in [9.17, 15) is 9.59 Å². The van der Waals surface area contributed by atoms with Gasteiger partial charge in [-0.15, -0.1) is 0 Å². The number of benzene rings is 1. The van der Waals surface area contributed by atoms with Crippen LogP contribution in [0.5, 0.6) is 0 Å². The lowest BCUT2D eigenvalue weighted by Gasteiger charge is -2.24. The molecule has 1 aromatic rings. The van der Waals surface area contributed by atoms with Gasteiger partial charge < -0.3 is 10.2 Å². The molecule has 0 saturated heterocycles. The smallest absolute Gasteiger partial charge is 0.240 e. The predicted molar refractivity (Wildman–Crippen MR) is 79.7 cm³/mol. The van der Waals surface area contributed by atoms with Gasteiger partial charge in [-0.25, -0.2) is 0 Å². The van der Waals surface area contributed by atoms with Crippen molar-refractivity contribution in [1.29, 1.82) is 0 Å². The monoisotopic (exact) mass is 294 g/mol. The van der Waals surface area contributed by atoms with E-state index < -0.39 is 5.41 Å². The number of rotatable bonds is 5. The average molecular weight is 295 g/mol. The van der Waals surface area contributed by atoms with Crippen LogP contribution in [0.3, 0.4) is 0 Å². The summed E-state index contributed by atoms with van der Waals surface area (Å²) in [5.74, 6) is -0.293. The summed E-state index contributed by atoms with van der Waals surface area (Å²) in [6, 6.07) is 6.95. The maximum absolute atomic E-state index is 12.4. The molecule has 0 aliphatic heterocycles. The summed E-state index contributed by atoms with van der Waals surface area (Å²) in [5.41, 5.74) is -0.241. The van der Waals surface area contributed by atoms with Crippen LogP contribution in [0, 0.1) is 5.41 Å². The van der Waals surface area contributed by atoms with Crippen LogP contribution in [0.25, 0.3) is 0 Å². The fraction of sp³-hybridized carbons (Fsp3) is 0.467. The van der Waals surface area contributed by atoms with E-state index in [2.05, 4.69) is 5.32 Å². The Bertz CT molecular complexity index is 522. The zero-order valence-corrected chi connectivity index (χ0v) is 12.5. The molecule has 0 aromatic heterocycles. The van der Waals surface area contributed by atoms with Crippen LogP contribution >= 0.6 is 11.6 Å². The molecule has 0 spiro atoms. The van der Waals surface area contributed by atoms with Crippen molar-refractivity contribution in [3.05, 3.63) is 29.3 Å². The Morgan fingerprint density at radius 3 is 2.45 bits per heavy atom. The molecule has 0 bridgehead atoms. The quantitative estimate of drug-likeness (QED) is 0.849. The molecule has 0 atom stereocenters. The van der Waals surface area contributed by atoms with Gasteiger partial charge in [-0.05, 0) is 44.9 Å². The molecule has 108 valence electrons. The van der Waals surface area contributed by atoms with E-state index in [1.807, 2.05) is 13.8 Å². The Balaban J connectivity index is 2.10. The predicted octanol–water partition coefficient (Wildman–Crippen LogP) is 2.93. The van der Waals surface area contributed by atoms with Crippen molar-refractivity contribution in [1.82, 2.24) is 4.90 Å². The van der Waals surface area contributed by atoms with Gasteiger partial charge in [0.1, 0.15) is 5.41 Å². The van der Waals surface area contributed by atoms with E-state index in [0.717, 1.165) is 0 Å². The molecule has 4 nitrogen and oxygen atoms in total. The number of hydrogen-bond donors (Lipinski definition) is 1. The van der Waals surface area contributed by atoms with E-state index in [1.165, 1.54) is 0 Å². The number of carbonyl (C=O) groups is 2. The molecular weight excluding hydrogens is 276 g/mol. The summed E-state index contributed by atoms with van der Waals surface area (Å²) in [6.07, 6.45) is 1.24. The van der Waals surface area contributed by atoms with E-state index in [4.69, 9.17) is 11.6 Å². The number of nitrogens with one attached hydrogen (secondary N) is 1. The molecule has 1 aromatic carbocycles. The SMILES string of the molecule is CCN(CC)C(=O)C1(C(=O)Nc2cccc(Cl)c2)CC1. The first kappa shape index (κ1) is 14.9. The minimum absolute atomic E-state index is 0.0676. The van der Waals surface area contributed by atoms with Crippen LogP contribution in [0.4, 0.5) is 5.69 Å². The molecule has 1 saturated carbocycles. The van der Waals surface area contributed by atoms with Gasteiger partial charge in [0.25, 0.3) is 0 Å². The van der Waals surface area contributed by atoms with Gasteiger partial charge in [0, 0.05) is 23.8 Å². The molecule has 0 radical (unpaired) electrons. The highest BCUT2D eigenvalue weighted by atomic mass is 35.5. The van der Waals surface area contributed by atoms with Gasteiger partial charge in [0.05, 0.1) is 0 Å². The Kier molecular flexibility index (Phi) is 4.33. The standard InChI is InChI=1S/C15H19ClN2O2/c1-3-18(4-2)14(20)15(8-9-15)13(19)17-12-7-5-6-11(16)10-12/h5-7,10H,3-4,8-9H2,1-2H3,(H,17,19). The van der Waals surface area contributed by atoms with Crippen LogP contribution in [0.15, 0.2) is 24.3 Å². The fourth-order valence-corrected chi connectivity index (χ4v) is 2.48. The Morgan fingerprint density at radius 1 is 1.30 bits per heavy atom. The summed E-state index contributed by atoms with van der Waals surface area (Å²) < 4.78 is 0.